The van der Waals surface area contributed by atoms with E-state index < -0.39 is 0 Å². The molecule has 0 radical (unpaired) electrons. The molecule has 0 aliphatic heterocycles. The van der Waals surface area contributed by atoms with Crippen molar-refractivity contribution in [2.45, 2.75) is 6.92 Å². The Bertz CT molecular complexity index is 2270. The number of nitrogens with zero attached hydrogens (tertiary/aromatic N) is 3. The van der Waals surface area contributed by atoms with E-state index in [1.165, 1.54) is 43.3 Å². The number of hydrogen-bond donors (Lipinski definition) is 0. The Balaban J connectivity index is 1.51. The van der Waals surface area contributed by atoms with E-state index in [4.69, 9.17) is 15.0 Å². The van der Waals surface area contributed by atoms with Gasteiger partial charge in [-0.1, -0.05) is 127 Å². The number of hydrogen-bond acceptors (Lipinski definition) is 3. The van der Waals surface area contributed by atoms with Crippen LogP contribution in [0.1, 0.15) is 5.56 Å². The van der Waals surface area contributed by atoms with E-state index in [2.05, 4.69) is 122 Å². The van der Waals surface area contributed by atoms with Crippen LogP contribution >= 0.6 is 0 Å². The van der Waals surface area contributed by atoms with Crippen LogP contribution in [0.25, 0.3) is 77.3 Å². The predicted octanol–water partition coefficient (Wildman–Crippen LogP) is 9.79. The Kier molecular flexibility index (Phi) is 5.36. The van der Waals surface area contributed by atoms with E-state index in [0.29, 0.717) is 17.5 Å². The molecular weight excluding hydrogens is 498 g/mol. The van der Waals surface area contributed by atoms with E-state index in [0.717, 1.165) is 22.1 Å². The molecule has 1 heterocycles. The van der Waals surface area contributed by atoms with Gasteiger partial charge in [0.15, 0.2) is 17.5 Å². The minimum absolute atomic E-state index is 0.666. The topological polar surface area (TPSA) is 38.7 Å². The standard InChI is InChI=1S/C38H25N3/c1-24-12-11-15-26(22-24)37-39-36(25-13-3-2-4-14-25)40-38(41-37)34-23-33-29-18-6-5-16-27(29)28-17-7-9-20-31(28)35(33)32-21-10-8-19-30(32)34/h2-23H,1H3. The molecule has 7 aromatic carbocycles. The van der Waals surface area contributed by atoms with Crippen molar-refractivity contribution in [1.29, 1.82) is 0 Å². The van der Waals surface area contributed by atoms with Gasteiger partial charge in [0.2, 0.25) is 0 Å². The smallest absolute Gasteiger partial charge is 0.164 e. The van der Waals surface area contributed by atoms with Crippen LogP contribution in [0, 0.1) is 6.92 Å². The first-order valence-corrected chi connectivity index (χ1v) is 13.9. The Morgan fingerprint density at radius 2 is 0.854 bits per heavy atom. The van der Waals surface area contributed by atoms with Crippen LogP contribution in [-0.4, -0.2) is 15.0 Å². The average Bonchev–Trinajstić information content (AvgIpc) is 3.04. The van der Waals surface area contributed by atoms with E-state index in [1.54, 1.807) is 0 Å². The van der Waals surface area contributed by atoms with Crippen LogP contribution in [0.2, 0.25) is 0 Å². The highest BCUT2D eigenvalue weighted by Gasteiger charge is 2.18. The zero-order valence-electron chi connectivity index (χ0n) is 22.5. The quantitative estimate of drug-likeness (QED) is 0.216. The van der Waals surface area contributed by atoms with Crippen molar-refractivity contribution in [3.05, 3.63) is 139 Å². The Labute approximate surface area is 237 Å². The molecule has 8 aromatic rings. The zero-order valence-corrected chi connectivity index (χ0v) is 22.5. The van der Waals surface area contributed by atoms with Gasteiger partial charge in [-0.25, -0.2) is 15.0 Å². The molecule has 0 bridgehead atoms. The lowest BCUT2D eigenvalue weighted by Gasteiger charge is -2.16. The summed E-state index contributed by atoms with van der Waals surface area (Å²) in [4.78, 5) is 15.2. The number of rotatable bonds is 3. The lowest BCUT2D eigenvalue weighted by molar-refractivity contribution is 1.08. The van der Waals surface area contributed by atoms with Crippen LogP contribution in [0.15, 0.2) is 133 Å². The Morgan fingerprint density at radius 1 is 0.366 bits per heavy atom. The summed E-state index contributed by atoms with van der Waals surface area (Å²) in [5, 5.41) is 9.78. The molecule has 8 rings (SSSR count). The number of aryl methyl sites for hydroxylation is 1. The number of fused-ring (bicyclic) bond motifs is 8. The third-order valence-electron chi connectivity index (χ3n) is 7.93. The molecule has 0 spiro atoms. The van der Waals surface area contributed by atoms with E-state index in [-0.39, 0.29) is 0 Å². The first-order valence-electron chi connectivity index (χ1n) is 13.9. The first kappa shape index (κ1) is 23.5. The highest BCUT2D eigenvalue weighted by molar-refractivity contribution is 6.32. The first-order chi connectivity index (χ1) is 20.2. The van der Waals surface area contributed by atoms with Gasteiger partial charge < -0.3 is 0 Å². The molecular formula is C38H25N3. The van der Waals surface area contributed by atoms with Crippen molar-refractivity contribution in [3.63, 3.8) is 0 Å². The molecule has 0 amide bonds. The van der Waals surface area contributed by atoms with Gasteiger partial charge >= 0.3 is 0 Å². The van der Waals surface area contributed by atoms with Gasteiger partial charge in [0.05, 0.1) is 0 Å². The van der Waals surface area contributed by atoms with Crippen molar-refractivity contribution < 1.29 is 0 Å². The van der Waals surface area contributed by atoms with Crippen molar-refractivity contribution in [2.24, 2.45) is 0 Å². The van der Waals surface area contributed by atoms with Crippen molar-refractivity contribution >= 4 is 43.1 Å². The second kappa shape index (κ2) is 9.35. The van der Waals surface area contributed by atoms with Crippen LogP contribution < -0.4 is 0 Å². The second-order valence-electron chi connectivity index (χ2n) is 10.5. The lowest BCUT2D eigenvalue weighted by Crippen LogP contribution is -2.01. The monoisotopic (exact) mass is 523 g/mol. The lowest BCUT2D eigenvalue weighted by atomic mass is 9.89. The molecule has 41 heavy (non-hydrogen) atoms. The van der Waals surface area contributed by atoms with Crippen molar-refractivity contribution in [3.8, 4) is 34.2 Å². The zero-order chi connectivity index (χ0) is 27.3. The summed E-state index contributed by atoms with van der Waals surface area (Å²) >= 11 is 0. The molecule has 0 saturated carbocycles. The number of benzene rings is 7. The summed E-state index contributed by atoms with van der Waals surface area (Å²) in [6.07, 6.45) is 0. The molecule has 0 unspecified atom stereocenters. The maximum absolute atomic E-state index is 5.12. The van der Waals surface area contributed by atoms with Crippen molar-refractivity contribution in [2.75, 3.05) is 0 Å². The third kappa shape index (κ3) is 3.86. The fraction of sp³-hybridized carbons (Fsp3) is 0.0263. The minimum Gasteiger partial charge on any atom is -0.208 e. The van der Waals surface area contributed by atoms with Crippen LogP contribution in [0.5, 0.6) is 0 Å². The number of aromatic nitrogens is 3. The predicted molar refractivity (Wildman–Crippen MR) is 171 cm³/mol. The summed E-state index contributed by atoms with van der Waals surface area (Å²) in [5.41, 5.74) is 4.11. The average molecular weight is 524 g/mol. The Hall–Kier alpha value is -5.41. The Morgan fingerprint density at radius 3 is 1.54 bits per heavy atom. The molecule has 3 heteroatoms. The molecule has 0 N–H and O–H groups in total. The largest absolute Gasteiger partial charge is 0.208 e. The van der Waals surface area contributed by atoms with Gasteiger partial charge in [-0.3, -0.25) is 0 Å². The summed E-state index contributed by atoms with van der Waals surface area (Å²) in [6.45, 7) is 2.09. The normalized spacial score (nSPS) is 11.5. The molecule has 0 saturated heterocycles. The van der Waals surface area contributed by atoms with Crippen molar-refractivity contribution in [1.82, 2.24) is 15.0 Å². The van der Waals surface area contributed by atoms with Gasteiger partial charge in [0.25, 0.3) is 0 Å². The molecule has 0 aliphatic rings. The fourth-order valence-corrected chi connectivity index (χ4v) is 6.08. The fourth-order valence-electron chi connectivity index (χ4n) is 6.08. The molecule has 0 fully saturated rings. The summed E-state index contributed by atoms with van der Waals surface area (Å²) in [6, 6.07) is 46.8. The highest BCUT2D eigenvalue weighted by atomic mass is 15.0. The molecule has 192 valence electrons. The maximum atomic E-state index is 5.12. The van der Waals surface area contributed by atoms with E-state index in [1.807, 2.05) is 18.2 Å². The van der Waals surface area contributed by atoms with Crippen LogP contribution in [0.4, 0.5) is 0 Å². The van der Waals surface area contributed by atoms with Gasteiger partial charge in [0, 0.05) is 16.7 Å². The SMILES string of the molecule is Cc1cccc(-c2nc(-c3ccccc3)nc(-c3cc4c5ccccc5c5ccccc5c4c4ccccc34)n2)c1. The van der Waals surface area contributed by atoms with Gasteiger partial charge in [-0.05, 0) is 62.1 Å². The maximum Gasteiger partial charge on any atom is 0.164 e. The highest BCUT2D eigenvalue weighted by Crippen LogP contribution is 2.42. The summed E-state index contributed by atoms with van der Waals surface area (Å²) in [7, 11) is 0. The van der Waals surface area contributed by atoms with E-state index >= 15 is 0 Å². The van der Waals surface area contributed by atoms with Gasteiger partial charge in [0.1, 0.15) is 0 Å². The summed E-state index contributed by atoms with van der Waals surface area (Å²) < 4.78 is 0. The molecule has 3 nitrogen and oxygen atoms in total. The van der Waals surface area contributed by atoms with Crippen LogP contribution in [0.3, 0.4) is 0 Å². The minimum atomic E-state index is 0.666. The molecule has 0 aliphatic carbocycles. The molecule has 1 aromatic heterocycles. The van der Waals surface area contributed by atoms with E-state index in [9.17, 15) is 0 Å². The summed E-state index contributed by atoms with van der Waals surface area (Å²) in [5.74, 6) is 2.01. The third-order valence-corrected chi connectivity index (χ3v) is 7.93. The molecule has 0 atom stereocenters. The second-order valence-corrected chi connectivity index (χ2v) is 10.5. The van der Waals surface area contributed by atoms with Gasteiger partial charge in [-0.15, -0.1) is 0 Å². The van der Waals surface area contributed by atoms with Gasteiger partial charge in [-0.2, -0.15) is 0 Å². The van der Waals surface area contributed by atoms with Crippen LogP contribution in [-0.2, 0) is 0 Å².